The third-order valence-electron chi connectivity index (χ3n) is 3.85. The molecule has 0 saturated carbocycles. The Morgan fingerprint density at radius 3 is 2.55 bits per heavy atom. The van der Waals surface area contributed by atoms with Crippen LogP contribution in [0.1, 0.15) is 24.4 Å². The summed E-state index contributed by atoms with van der Waals surface area (Å²) in [7, 11) is -0.670. The van der Waals surface area contributed by atoms with Gasteiger partial charge in [-0.2, -0.15) is 12.7 Å². The van der Waals surface area contributed by atoms with Crippen molar-refractivity contribution >= 4 is 21.8 Å². The summed E-state index contributed by atoms with van der Waals surface area (Å²) in [5, 5.41) is 0.320. The van der Waals surface area contributed by atoms with Crippen LogP contribution in [0.5, 0.6) is 0 Å². The number of hydrogen-bond acceptors (Lipinski definition) is 3. The van der Waals surface area contributed by atoms with Crippen molar-refractivity contribution in [2.75, 3.05) is 33.7 Å². The lowest BCUT2D eigenvalue weighted by Gasteiger charge is -2.29. The van der Waals surface area contributed by atoms with Gasteiger partial charge in [-0.25, -0.2) is 9.11 Å². The van der Waals surface area contributed by atoms with Gasteiger partial charge in [-0.1, -0.05) is 17.7 Å². The lowest BCUT2D eigenvalue weighted by molar-refractivity contribution is 0.240. The fourth-order valence-electron chi connectivity index (χ4n) is 2.61. The second kappa shape index (κ2) is 7.23. The van der Waals surface area contributed by atoms with Crippen molar-refractivity contribution in [3.05, 3.63) is 34.6 Å². The van der Waals surface area contributed by atoms with Gasteiger partial charge in [-0.3, -0.25) is 4.90 Å². The van der Waals surface area contributed by atoms with E-state index in [0.29, 0.717) is 10.6 Å². The Kier molecular flexibility index (Phi) is 5.79. The molecule has 1 heterocycles. The summed E-state index contributed by atoms with van der Waals surface area (Å²) >= 11 is 6.16. The van der Waals surface area contributed by atoms with E-state index in [-0.39, 0.29) is 6.54 Å². The molecule has 0 amide bonds. The molecular formula is C14H21ClFN3O2S. The van der Waals surface area contributed by atoms with Crippen LogP contribution in [0.4, 0.5) is 4.39 Å². The molecule has 5 nitrogen and oxygen atoms in total. The van der Waals surface area contributed by atoms with E-state index < -0.39 is 22.1 Å². The number of halogens is 2. The van der Waals surface area contributed by atoms with E-state index in [0.717, 1.165) is 30.2 Å². The molecule has 1 aromatic rings. The van der Waals surface area contributed by atoms with E-state index in [1.807, 2.05) is 0 Å². The average molecular weight is 350 g/mol. The molecule has 1 aromatic carbocycles. The standard InChI is InChI=1S/C14H21ClFN3O2S/c1-18(2)22(20,21)17-10-13(19-8-3-4-9-19)14-11(15)6-5-7-12(14)16/h5-7,13,17H,3-4,8-10H2,1-2H3. The lowest BCUT2D eigenvalue weighted by atomic mass is 10.0. The Morgan fingerprint density at radius 1 is 1.36 bits per heavy atom. The zero-order valence-electron chi connectivity index (χ0n) is 12.7. The summed E-state index contributed by atoms with van der Waals surface area (Å²) in [4.78, 5) is 2.07. The van der Waals surface area contributed by atoms with Crippen LogP contribution in [-0.2, 0) is 10.2 Å². The molecular weight excluding hydrogens is 329 g/mol. The molecule has 22 heavy (non-hydrogen) atoms. The highest BCUT2D eigenvalue weighted by molar-refractivity contribution is 7.87. The first-order chi connectivity index (χ1) is 10.3. The number of benzene rings is 1. The normalized spacial score (nSPS) is 18.0. The fourth-order valence-corrected chi connectivity index (χ4v) is 3.53. The lowest BCUT2D eigenvalue weighted by Crippen LogP contribution is -2.41. The molecule has 0 bridgehead atoms. The summed E-state index contributed by atoms with van der Waals surface area (Å²) in [6.07, 6.45) is 2.03. The van der Waals surface area contributed by atoms with E-state index in [4.69, 9.17) is 11.6 Å². The van der Waals surface area contributed by atoms with Gasteiger partial charge in [0, 0.05) is 31.2 Å². The highest BCUT2D eigenvalue weighted by Crippen LogP contribution is 2.32. The van der Waals surface area contributed by atoms with Gasteiger partial charge in [0.25, 0.3) is 10.2 Å². The third-order valence-corrected chi connectivity index (χ3v) is 5.68. The van der Waals surface area contributed by atoms with E-state index in [1.165, 1.54) is 20.2 Å². The van der Waals surface area contributed by atoms with Gasteiger partial charge in [0.1, 0.15) is 5.82 Å². The van der Waals surface area contributed by atoms with Crippen LogP contribution < -0.4 is 4.72 Å². The van der Waals surface area contributed by atoms with Gasteiger partial charge in [-0.15, -0.1) is 0 Å². The monoisotopic (exact) mass is 349 g/mol. The van der Waals surface area contributed by atoms with Crippen molar-refractivity contribution < 1.29 is 12.8 Å². The van der Waals surface area contributed by atoms with Crippen LogP contribution >= 0.6 is 11.6 Å². The summed E-state index contributed by atoms with van der Waals surface area (Å²) in [6, 6.07) is 4.12. The number of likely N-dealkylation sites (tertiary alicyclic amines) is 1. The molecule has 0 aliphatic carbocycles. The first-order valence-electron chi connectivity index (χ1n) is 7.18. The average Bonchev–Trinajstić information content (AvgIpc) is 2.95. The number of hydrogen-bond donors (Lipinski definition) is 1. The second-order valence-corrected chi connectivity index (χ2v) is 7.91. The van der Waals surface area contributed by atoms with Crippen LogP contribution in [0.15, 0.2) is 18.2 Å². The molecule has 1 aliphatic rings. The van der Waals surface area contributed by atoms with Crippen molar-refractivity contribution in [1.29, 1.82) is 0 Å². The fraction of sp³-hybridized carbons (Fsp3) is 0.571. The van der Waals surface area contributed by atoms with Gasteiger partial charge < -0.3 is 0 Å². The Bertz CT molecular complexity index is 598. The minimum Gasteiger partial charge on any atom is -0.295 e. The van der Waals surface area contributed by atoms with Gasteiger partial charge in [0.2, 0.25) is 0 Å². The predicted molar refractivity (Wildman–Crippen MR) is 85.6 cm³/mol. The number of rotatable bonds is 6. The SMILES string of the molecule is CN(C)S(=O)(=O)NCC(c1c(F)cccc1Cl)N1CCCC1. The largest absolute Gasteiger partial charge is 0.295 e. The minimum atomic E-state index is -3.57. The predicted octanol–water partition coefficient (Wildman–Crippen LogP) is 2.01. The Hall–Kier alpha value is -0.730. The zero-order valence-corrected chi connectivity index (χ0v) is 14.3. The van der Waals surface area contributed by atoms with Crippen molar-refractivity contribution in [2.24, 2.45) is 0 Å². The molecule has 1 saturated heterocycles. The van der Waals surface area contributed by atoms with Gasteiger partial charge >= 0.3 is 0 Å². The topological polar surface area (TPSA) is 52.7 Å². The maximum atomic E-state index is 14.2. The molecule has 1 N–H and O–H groups in total. The molecule has 2 rings (SSSR count). The van der Waals surface area contributed by atoms with Crippen LogP contribution in [0.2, 0.25) is 5.02 Å². The summed E-state index contributed by atoms with van der Waals surface area (Å²) in [5.74, 6) is -0.409. The summed E-state index contributed by atoms with van der Waals surface area (Å²) in [5.41, 5.74) is 0.354. The quantitative estimate of drug-likeness (QED) is 0.854. The third kappa shape index (κ3) is 3.97. The Labute approximate surface area is 136 Å². The van der Waals surface area contributed by atoms with E-state index in [9.17, 15) is 12.8 Å². The Morgan fingerprint density at radius 2 is 2.00 bits per heavy atom. The first kappa shape index (κ1) is 17.6. The minimum absolute atomic E-state index is 0.0845. The van der Waals surface area contributed by atoms with Crippen molar-refractivity contribution in [1.82, 2.24) is 13.9 Å². The molecule has 1 aliphatic heterocycles. The smallest absolute Gasteiger partial charge is 0.278 e. The van der Waals surface area contributed by atoms with Crippen LogP contribution in [0.3, 0.4) is 0 Å². The molecule has 1 fully saturated rings. The van der Waals surface area contributed by atoms with Crippen molar-refractivity contribution in [2.45, 2.75) is 18.9 Å². The maximum absolute atomic E-state index is 14.2. The van der Waals surface area contributed by atoms with Gasteiger partial charge in [-0.05, 0) is 38.1 Å². The molecule has 124 valence electrons. The molecule has 0 radical (unpaired) electrons. The van der Waals surface area contributed by atoms with Crippen molar-refractivity contribution in [3.8, 4) is 0 Å². The molecule has 1 unspecified atom stereocenters. The van der Waals surface area contributed by atoms with E-state index in [2.05, 4.69) is 9.62 Å². The van der Waals surface area contributed by atoms with Crippen molar-refractivity contribution in [3.63, 3.8) is 0 Å². The highest BCUT2D eigenvalue weighted by Gasteiger charge is 2.29. The first-order valence-corrected chi connectivity index (χ1v) is 9.00. The second-order valence-electron chi connectivity index (χ2n) is 5.53. The number of nitrogens with zero attached hydrogens (tertiary/aromatic N) is 2. The summed E-state index contributed by atoms with van der Waals surface area (Å²) in [6.45, 7) is 1.69. The highest BCUT2D eigenvalue weighted by atomic mass is 35.5. The maximum Gasteiger partial charge on any atom is 0.278 e. The van der Waals surface area contributed by atoms with Crippen LogP contribution in [0.25, 0.3) is 0 Å². The van der Waals surface area contributed by atoms with E-state index in [1.54, 1.807) is 12.1 Å². The van der Waals surface area contributed by atoms with Gasteiger partial charge in [0.15, 0.2) is 0 Å². The van der Waals surface area contributed by atoms with E-state index >= 15 is 0 Å². The molecule has 0 spiro atoms. The summed E-state index contributed by atoms with van der Waals surface area (Å²) < 4.78 is 41.7. The molecule has 8 heteroatoms. The molecule has 0 aromatic heterocycles. The molecule has 1 atom stereocenters. The van der Waals surface area contributed by atoms with Crippen LogP contribution in [0, 0.1) is 5.82 Å². The number of nitrogens with one attached hydrogen (secondary N) is 1. The Balaban J connectivity index is 2.28. The van der Waals surface area contributed by atoms with Gasteiger partial charge in [0.05, 0.1) is 6.04 Å². The van der Waals surface area contributed by atoms with Crippen LogP contribution in [-0.4, -0.2) is 51.4 Å². The zero-order chi connectivity index (χ0) is 16.3.